The lowest BCUT2D eigenvalue weighted by Crippen LogP contribution is -2.45. The monoisotopic (exact) mass is 276 g/mol. The summed E-state index contributed by atoms with van der Waals surface area (Å²) in [7, 11) is 0. The number of rotatable bonds is 5. The van der Waals surface area contributed by atoms with Crippen LogP contribution in [-0.2, 0) is 10.3 Å². The average Bonchev–Trinajstić information content (AvgIpc) is 2.44. The SMILES string of the molecule is CCC1(CC)OCN(CCC(C)(C)N)c2ccccc21. The predicted octanol–water partition coefficient (Wildman–Crippen LogP) is 3.62. The summed E-state index contributed by atoms with van der Waals surface area (Å²) in [5.74, 6) is 0. The molecule has 112 valence electrons. The maximum Gasteiger partial charge on any atom is 0.120 e. The molecule has 1 aliphatic heterocycles. The zero-order valence-corrected chi connectivity index (χ0v) is 13.3. The van der Waals surface area contributed by atoms with E-state index in [-0.39, 0.29) is 11.1 Å². The van der Waals surface area contributed by atoms with Crippen molar-refractivity contribution in [1.29, 1.82) is 0 Å². The van der Waals surface area contributed by atoms with Crippen molar-refractivity contribution >= 4 is 5.69 Å². The van der Waals surface area contributed by atoms with E-state index in [1.807, 2.05) is 0 Å². The van der Waals surface area contributed by atoms with E-state index in [1.54, 1.807) is 0 Å². The molecule has 1 heterocycles. The van der Waals surface area contributed by atoms with Gasteiger partial charge in [0.2, 0.25) is 0 Å². The predicted molar refractivity (Wildman–Crippen MR) is 84.9 cm³/mol. The van der Waals surface area contributed by atoms with Crippen molar-refractivity contribution in [3.05, 3.63) is 29.8 Å². The van der Waals surface area contributed by atoms with E-state index in [9.17, 15) is 0 Å². The van der Waals surface area contributed by atoms with Gasteiger partial charge in [0.25, 0.3) is 0 Å². The average molecular weight is 276 g/mol. The number of hydrogen-bond donors (Lipinski definition) is 1. The molecular weight excluding hydrogens is 248 g/mol. The summed E-state index contributed by atoms with van der Waals surface area (Å²) in [5, 5.41) is 0. The molecule has 20 heavy (non-hydrogen) atoms. The summed E-state index contributed by atoms with van der Waals surface area (Å²) in [6.45, 7) is 10.2. The van der Waals surface area contributed by atoms with Gasteiger partial charge < -0.3 is 15.4 Å². The Morgan fingerprint density at radius 2 is 1.90 bits per heavy atom. The zero-order chi connectivity index (χ0) is 14.8. The van der Waals surface area contributed by atoms with Crippen molar-refractivity contribution < 1.29 is 4.74 Å². The molecule has 0 amide bonds. The van der Waals surface area contributed by atoms with Gasteiger partial charge in [-0.25, -0.2) is 0 Å². The number of benzene rings is 1. The van der Waals surface area contributed by atoms with E-state index in [2.05, 4.69) is 56.9 Å². The molecule has 1 aliphatic rings. The number of anilines is 1. The normalized spacial score (nSPS) is 17.9. The Balaban J connectivity index is 2.27. The second-order valence-corrected chi connectivity index (χ2v) is 6.49. The Bertz CT molecular complexity index is 447. The van der Waals surface area contributed by atoms with Crippen molar-refractivity contribution in [3.8, 4) is 0 Å². The van der Waals surface area contributed by atoms with Gasteiger partial charge in [-0.05, 0) is 39.2 Å². The first-order chi connectivity index (χ1) is 9.42. The van der Waals surface area contributed by atoms with Gasteiger partial charge in [0.15, 0.2) is 0 Å². The third-order valence-corrected chi connectivity index (χ3v) is 4.40. The van der Waals surface area contributed by atoms with Crippen molar-refractivity contribution in [2.45, 2.75) is 58.1 Å². The molecule has 0 fully saturated rings. The molecule has 0 radical (unpaired) electrons. The summed E-state index contributed by atoms with van der Waals surface area (Å²) < 4.78 is 6.25. The van der Waals surface area contributed by atoms with Gasteiger partial charge in [-0.15, -0.1) is 0 Å². The molecule has 0 aromatic heterocycles. The van der Waals surface area contributed by atoms with E-state index >= 15 is 0 Å². The van der Waals surface area contributed by atoms with Crippen molar-refractivity contribution in [2.24, 2.45) is 5.73 Å². The van der Waals surface area contributed by atoms with Gasteiger partial charge in [-0.3, -0.25) is 0 Å². The Morgan fingerprint density at radius 3 is 2.50 bits per heavy atom. The highest BCUT2D eigenvalue weighted by atomic mass is 16.5. The molecule has 0 unspecified atom stereocenters. The number of para-hydroxylation sites is 1. The molecule has 3 nitrogen and oxygen atoms in total. The first-order valence-electron chi connectivity index (χ1n) is 7.69. The van der Waals surface area contributed by atoms with Crippen LogP contribution in [0.1, 0.15) is 52.5 Å². The third-order valence-electron chi connectivity index (χ3n) is 4.40. The van der Waals surface area contributed by atoms with E-state index < -0.39 is 0 Å². The minimum atomic E-state index is -0.140. The quantitative estimate of drug-likeness (QED) is 0.892. The number of nitrogens with zero attached hydrogens (tertiary/aromatic N) is 1. The fourth-order valence-electron chi connectivity index (χ4n) is 2.93. The number of hydrogen-bond acceptors (Lipinski definition) is 3. The second kappa shape index (κ2) is 5.74. The number of fused-ring (bicyclic) bond motifs is 1. The van der Waals surface area contributed by atoms with Crippen LogP contribution in [0.3, 0.4) is 0 Å². The molecule has 0 saturated carbocycles. The largest absolute Gasteiger partial charge is 0.350 e. The Kier molecular flexibility index (Phi) is 4.40. The van der Waals surface area contributed by atoms with Gasteiger partial charge in [0.1, 0.15) is 6.73 Å². The summed E-state index contributed by atoms with van der Waals surface area (Å²) in [5.41, 5.74) is 8.49. The summed E-state index contributed by atoms with van der Waals surface area (Å²) in [6.07, 6.45) is 2.98. The zero-order valence-electron chi connectivity index (χ0n) is 13.3. The second-order valence-electron chi connectivity index (χ2n) is 6.49. The van der Waals surface area contributed by atoms with Gasteiger partial charge in [0.05, 0.1) is 5.60 Å². The highest BCUT2D eigenvalue weighted by Gasteiger charge is 2.37. The number of nitrogens with two attached hydrogens (primary N) is 1. The van der Waals surface area contributed by atoms with Crippen LogP contribution in [0, 0.1) is 0 Å². The first-order valence-corrected chi connectivity index (χ1v) is 7.69. The first kappa shape index (κ1) is 15.3. The molecule has 0 spiro atoms. The van der Waals surface area contributed by atoms with Crippen LogP contribution in [0.15, 0.2) is 24.3 Å². The maximum atomic E-state index is 6.25. The lowest BCUT2D eigenvalue weighted by molar-refractivity contribution is -0.0650. The molecule has 0 atom stereocenters. The van der Waals surface area contributed by atoms with E-state index in [0.717, 1.165) is 25.8 Å². The van der Waals surface area contributed by atoms with Crippen LogP contribution < -0.4 is 10.6 Å². The molecule has 0 bridgehead atoms. The minimum absolute atomic E-state index is 0.120. The van der Waals surface area contributed by atoms with E-state index in [4.69, 9.17) is 10.5 Å². The van der Waals surface area contributed by atoms with Gasteiger partial charge >= 0.3 is 0 Å². The topological polar surface area (TPSA) is 38.5 Å². The van der Waals surface area contributed by atoms with Crippen LogP contribution in [0.4, 0.5) is 5.69 Å². The number of ether oxygens (including phenoxy) is 1. The van der Waals surface area contributed by atoms with Gasteiger partial charge in [-0.2, -0.15) is 0 Å². The van der Waals surface area contributed by atoms with Crippen LogP contribution in [0.25, 0.3) is 0 Å². The highest BCUT2D eigenvalue weighted by molar-refractivity contribution is 5.57. The smallest absolute Gasteiger partial charge is 0.120 e. The van der Waals surface area contributed by atoms with Crippen molar-refractivity contribution in [1.82, 2.24) is 0 Å². The molecule has 0 aliphatic carbocycles. The molecule has 1 aromatic rings. The molecule has 2 rings (SSSR count). The van der Waals surface area contributed by atoms with Crippen molar-refractivity contribution in [2.75, 3.05) is 18.2 Å². The third kappa shape index (κ3) is 2.99. The standard InChI is InChI=1S/C17H28N2O/c1-5-17(6-2)14-9-7-8-10-15(14)19(13-20-17)12-11-16(3,4)18/h7-10H,5-6,11-13,18H2,1-4H3. The Labute approximate surface area is 123 Å². The van der Waals surface area contributed by atoms with Crippen LogP contribution in [0.5, 0.6) is 0 Å². The molecule has 2 N–H and O–H groups in total. The van der Waals surface area contributed by atoms with Gasteiger partial charge in [0, 0.05) is 23.3 Å². The van der Waals surface area contributed by atoms with Crippen LogP contribution in [0.2, 0.25) is 0 Å². The molecular formula is C17H28N2O. The maximum absolute atomic E-state index is 6.25. The summed E-state index contributed by atoms with van der Waals surface area (Å²) in [6, 6.07) is 8.64. The van der Waals surface area contributed by atoms with E-state index in [0.29, 0.717) is 6.73 Å². The van der Waals surface area contributed by atoms with Gasteiger partial charge in [-0.1, -0.05) is 32.0 Å². The fraction of sp³-hybridized carbons (Fsp3) is 0.647. The lowest BCUT2D eigenvalue weighted by atomic mass is 9.85. The molecule has 1 aromatic carbocycles. The lowest BCUT2D eigenvalue weighted by Gasteiger charge is -2.44. The van der Waals surface area contributed by atoms with Crippen LogP contribution >= 0.6 is 0 Å². The minimum Gasteiger partial charge on any atom is -0.350 e. The molecule has 3 heteroatoms. The van der Waals surface area contributed by atoms with Crippen molar-refractivity contribution in [3.63, 3.8) is 0 Å². The Hall–Kier alpha value is -1.06. The fourth-order valence-corrected chi connectivity index (χ4v) is 2.93. The summed E-state index contributed by atoms with van der Waals surface area (Å²) >= 11 is 0. The highest BCUT2D eigenvalue weighted by Crippen LogP contribution is 2.42. The van der Waals surface area contributed by atoms with Crippen LogP contribution in [-0.4, -0.2) is 18.8 Å². The van der Waals surface area contributed by atoms with E-state index in [1.165, 1.54) is 11.3 Å². The summed E-state index contributed by atoms with van der Waals surface area (Å²) in [4.78, 5) is 2.31. The molecule has 0 saturated heterocycles. The Morgan fingerprint density at radius 1 is 1.25 bits per heavy atom.